The molecule has 0 radical (unpaired) electrons. The van der Waals surface area contributed by atoms with Crippen LogP contribution in [0.2, 0.25) is 0 Å². The predicted molar refractivity (Wildman–Crippen MR) is 101 cm³/mol. The number of carbonyl (C=O) groups is 1. The van der Waals surface area contributed by atoms with Crippen LogP contribution in [0.4, 0.5) is 0 Å². The third kappa shape index (κ3) is 3.73. The molecule has 2 aromatic rings. The molecule has 1 fully saturated rings. The molecule has 0 aliphatic heterocycles. The van der Waals surface area contributed by atoms with E-state index in [1.54, 1.807) is 22.7 Å². The van der Waals surface area contributed by atoms with E-state index < -0.39 is 0 Å². The smallest absolute Gasteiger partial charge is 0.231 e. The zero-order valence-electron chi connectivity index (χ0n) is 13.9. The Hall–Kier alpha value is -1.17. The summed E-state index contributed by atoms with van der Waals surface area (Å²) in [6.45, 7) is 0.861. The molecule has 3 rings (SSSR count). The SMILES string of the molecule is O=C(NCC[C@@H](CCO)c1ccsc1)C1(c2cccs2)CCCC1. The third-order valence-corrected chi connectivity index (χ3v) is 6.93. The Morgan fingerprint density at radius 1 is 1.25 bits per heavy atom. The van der Waals surface area contributed by atoms with E-state index in [0.29, 0.717) is 12.5 Å². The molecule has 1 amide bonds. The van der Waals surface area contributed by atoms with Gasteiger partial charge in [-0.05, 0) is 65.4 Å². The van der Waals surface area contributed by atoms with Crippen molar-refractivity contribution in [3.63, 3.8) is 0 Å². The first kappa shape index (κ1) is 17.6. The number of hydrogen-bond acceptors (Lipinski definition) is 4. The van der Waals surface area contributed by atoms with Crippen LogP contribution in [0.25, 0.3) is 0 Å². The Balaban J connectivity index is 1.60. The normalized spacial score (nSPS) is 17.7. The number of nitrogens with one attached hydrogen (secondary N) is 1. The maximum Gasteiger partial charge on any atom is 0.231 e. The van der Waals surface area contributed by atoms with Crippen LogP contribution in [-0.2, 0) is 10.2 Å². The van der Waals surface area contributed by atoms with E-state index in [9.17, 15) is 9.90 Å². The van der Waals surface area contributed by atoms with Crippen molar-refractivity contribution in [1.82, 2.24) is 5.32 Å². The number of amides is 1. The number of hydrogen-bond donors (Lipinski definition) is 2. The lowest BCUT2D eigenvalue weighted by Crippen LogP contribution is -2.42. The number of aliphatic hydroxyl groups excluding tert-OH is 1. The summed E-state index contributed by atoms with van der Waals surface area (Å²) in [6, 6.07) is 6.27. The lowest BCUT2D eigenvalue weighted by Gasteiger charge is -2.27. The van der Waals surface area contributed by atoms with Crippen molar-refractivity contribution in [2.45, 2.75) is 49.9 Å². The molecule has 1 aliphatic rings. The van der Waals surface area contributed by atoms with Gasteiger partial charge in [-0.15, -0.1) is 11.3 Å². The van der Waals surface area contributed by atoms with Gasteiger partial charge in [0.05, 0.1) is 5.41 Å². The zero-order chi connectivity index (χ0) is 16.8. The predicted octanol–water partition coefficient (Wildman–Crippen LogP) is 4.29. The summed E-state index contributed by atoms with van der Waals surface area (Å²) in [5, 5.41) is 18.8. The van der Waals surface area contributed by atoms with Gasteiger partial charge in [-0.2, -0.15) is 11.3 Å². The average Bonchev–Trinajstić information content (AvgIpc) is 3.36. The summed E-state index contributed by atoms with van der Waals surface area (Å²) in [7, 11) is 0. The quantitative estimate of drug-likeness (QED) is 0.735. The van der Waals surface area contributed by atoms with Gasteiger partial charge < -0.3 is 10.4 Å². The molecule has 1 atom stereocenters. The zero-order valence-corrected chi connectivity index (χ0v) is 15.5. The average molecular weight is 364 g/mol. The van der Waals surface area contributed by atoms with E-state index in [4.69, 9.17) is 0 Å². The Morgan fingerprint density at radius 3 is 2.71 bits per heavy atom. The highest BCUT2D eigenvalue weighted by Crippen LogP contribution is 2.43. The maximum atomic E-state index is 12.9. The van der Waals surface area contributed by atoms with Gasteiger partial charge in [0, 0.05) is 18.0 Å². The van der Waals surface area contributed by atoms with Crippen LogP contribution in [0, 0.1) is 0 Å². The molecule has 2 N–H and O–H groups in total. The lowest BCUT2D eigenvalue weighted by atomic mass is 9.83. The standard InChI is InChI=1S/C19H25NO2S2/c21-11-6-15(16-7-13-23-14-16)5-10-20-18(22)19(8-1-2-9-19)17-4-3-12-24-17/h3-4,7,12-15,21H,1-2,5-6,8-11H2,(H,20,22)/t15-/m0/s1. The Labute approximate surface area is 151 Å². The number of thiophene rings is 2. The second-order valence-corrected chi connectivity index (χ2v) is 8.30. The largest absolute Gasteiger partial charge is 0.396 e. The van der Waals surface area contributed by atoms with Gasteiger partial charge in [-0.3, -0.25) is 4.79 Å². The molecule has 3 nitrogen and oxygen atoms in total. The van der Waals surface area contributed by atoms with E-state index in [0.717, 1.165) is 38.5 Å². The van der Waals surface area contributed by atoms with Gasteiger partial charge in [0.25, 0.3) is 0 Å². The minimum atomic E-state index is -0.303. The molecule has 0 saturated heterocycles. The molecule has 5 heteroatoms. The molecule has 130 valence electrons. The molecule has 0 unspecified atom stereocenters. The van der Waals surface area contributed by atoms with Crippen molar-refractivity contribution < 1.29 is 9.90 Å². The fraction of sp³-hybridized carbons (Fsp3) is 0.526. The molecule has 2 aromatic heterocycles. The van der Waals surface area contributed by atoms with Crippen LogP contribution in [0.15, 0.2) is 34.3 Å². The number of rotatable bonds is 8. The van der Waals surface area contributed by atoms with Crippen LogP contribution < -0.4 is 5.32 Å². The summed E-state index contributed by atoms with van der Waals surface area (Å²) in [6.07, 6.45) is 5.82. The summed E-state index contributed by atoms with van der Waals surface area (Å²) >= 11 is 3.38. The van der Waals surface area contributed by atoms with Gasteiger partial charge in [0.15, 0.2) is 0 Å². The Kier molecular flexibility index (Phi) is 6.09. The van der Waals surface area contributed by atoms with Gasteiger partial charge in [-0.1, -0.05) is 18.9 Å². The van der Waals surface area contributed by atoms with Crippen LogP contribution >= 0.6 is 22.7 Å². The first-order valence-electron chi connectivity index (χ1n) is 8.71. The third-order valence-electron chi connectivity index (χ3n) is 5.16. The molecule has 0 aromatic carbocycles. The van der Waals surface area contributed by atoms with Crippen LogP contribution in [-0.4, -0.2) is 24.2 Å². The number of carbonyl (C=O) groups excluding carboxylic acids is 1. The van der Waals surface area contributed by atoms with Crippen molar-refractivity contribution in [3.8, 4) is 0 Å². The molecular weight excluding hydrogens is 338 g/mol. The second kappa shape index (κ2) is 8.28. The molecule has 2 heterocycles. The fourth-order valence-electron chi connectivity index (χ4n) is 3.78. The molecule has 1 saturated carbocycles. The number of aliphatic hydroxyl groups is 1. The molecule has 0 bridgehead atoms. The van der Waals surface area contributed by atoms with E-state index in [2.05, 4.69) is 33.6 Å². The lowest BCUT2D eigenvalue weighted by molar-refractivity contribution is -0.126. The van der Waals surface area contributed by atoms with Crippen LogP contribution in [0.5, 0.6) is 0 Å². The minimum Gasteiger partial charge on any atom is -0.396 e. The molecule has 1 aliphatic carbocycles. The summed E-state index contributed by atoms with van der Waals surface area (Å²) < 4.78 is 0. The van der Waals surface area contributed by atoms with E-state index >= 15 is 0 Å². The van der Waals surface area contributed by atoms with E-state index in [1.807, 2.05) is 6.07 Å². The highest BCUT2D eigenvalue weighted by atomic mass is 32.1. The second-order valence-electron chi connectivity index (χ2n) is 6.58. The van der Waals surface area contributed by atoms with Crippen LogP contribution in [0.1, 0.15) is 54.9 Å². The van der Waals surface area contributed by atoms with Gasteiger partial charge in [0.2, 0.25) is 5.91 Å². The van der Waals surface area contributed by atoms with Crippen molar-refractivity contribution >= 4 is 28.6 Å². The maximum absolute atomic E-state index is 12.9. The van der Waals surface area contributed by atoms with Gasteiger partial charge in [-0.25, -0.2) is 0 Å². The van der Waals surface area contributed by atoms with E-state index in [1.165, 1.54) is 10.4 Å². The Morgan fingerprint density at radius 2 is 2.08 bits per heavy atom. The van der Waals surface area contributed by atoms with Crippen LogP contribution in [0.3, 0.4) is 0 Å². The van der Waals surface area contributed by atoms with Gasteiger partial charge in [0.1, 0.15) is 0 Å². The minimum absolute atomic E-state index is 0.188. The monoisotopic (exact) mass is 363 g/mol. The highest BCUT2D eigenvalue weighted by molar-refractivity contribution is 7.10. The topological polar surface area (TPSA) is 49.3 Å². The molecular formula is C19H25NO2S2. The molecule has 24 heavy (non-hydrogen) atoms. The van der Waals surface area contributed by atoms with E-state index in [-0.39, 0.29) is 17.9 Å². The van der Waals surface area contributed by atoms with Crippen molar-refractivity contribution in [2.75, 3.05) is 13.2 Å². The highest BCUT2D eigenvalue weighted by Gasteiger charge is 2.43. The fourth-order valence-corrected chi connectivity index (χ4v) is 5.51. The summed E-state index contributed by atoms with van der Waals surface area (Å²) in [5.74, 6) is 0.512. The van der Waals surface area contributed by atoms with Gasteiger partial charge >= 0.3 is 0 Å². The summed E-state index contributed by atoms with van der Waals surface area (Å²) in [5.41, 5.74) is 0.973. The Bertz CT molecular complexity index is 616. The first-order valence-corrected chi connectivity index (χ1v) is 10.5. The van der Waals surface area contributed by atoms with Crippen molar-refractivity contribution in [3.05, 3.63) is 44.8 Å². The molecule has 0 spiro atoms. The summed E-state index contributed by atoms with van der Waals surface area (Å²) in [4.78, 5) is 14.2. The van der Waals surface area contributed by atoms with Crippen molar-refractivity contribution in [1.29, 1.82) is 0 Å². The first-order chi connectivity index (χ1) is 11.8. The van der Waals surface area contributed by atoms with Crippen molar-refractivity contribution in [2.24, 2.45) is 0 Å².